The van der Waals surface area contributed by atoms with Crippen LogP contribution in [0.25, 0.3) is 11.3 Å². The number of carboxylic acids is 1. The van der Waals surface area contributed by atoms with E-state index in [2.05, 4.69) is 9.97 Å². The Bertz CT molecular complexity index is 843. The van der Waals surface area contributed by atoms with Gasteiger partial charge in [-0.25, -0.2) is 9.59 Å². The molecule has 0 saturated carbocycles. The summed E-state index contributed by atoms with van der Waals surface area (Å²) < 4.78 is 5.49. The number of nitrogens with zero attached hydrogens (tertiary/aromatic N) is 3. The fourth-order valence-corrected chi connectivity index (χ4v) is 3.08. The van der Waals surface area contributed by atoms with Gasteiger partial charge < -0.3 is 9.84 Å². The third-order valence-electron chi connectivity index (χ3n) is 4.30. The van der Waals surface area contributed by atoms with E-state index in [0.29, 0.717) is 23.5 Å². The fraction of sp³-hybridized carbons (Fsp3) is 0.400. The van der Waals surface area contributed by atoms with Crippen molar-refractivity contribution in [3.8, 4) is 11.3 Å². The first-order valence-electron chi connectivity index (χ1n) is 8.90. The summed E-state index contributed by atoms with van der Waals surface area (Å²) in [6, 6.07) is 6.40. The molecule has 27 heavy (non-hydrogen) atoms. The van der Waals surface area contributed by atoms with Gasteiger partial charge in [0.15, 0.2) is 0 Å². The van der Waals surface area contributed by atoms with Crippen LogP contribution in [0.3, 0.4) is 0 Å². The summed E-state index contributed by atoms with van der Waals surface area (Å²) in [6.45, 7) is 6.16. The van der Waals surface area contributed by atoms with Crippen LogP contribution >= 0.6 is 0 Å². The summed E-state index contributed by atoms with van der Waals surface area (Å²) in [4.78, 5) is 34.2. The average Bonchev–Trinajstić information content (AvgIpc) is 3.10. The standard InChI is InChI=1S/C20H23N3O4/c1-20(2,3)27-19(26)23-9-5-8-17(23)16-12-21-15(11-22-16)13-6-4-7-14(10-13)18(24)25/h4,6-7,10-12,17H,5,8-9H2,1-3H3,(H,24,25)/t17-/m1/s1. The van der Waals surface area contributed by atoms with Gasteiger partial charge in [-0.1, -0.05) is 12.1 Å². The third-order valence-corrected chi connectivity index (χ3v) is 4.30. The molecule has 1 fully saturated rings. The highest BCUT2D eigenvalue weighted by Gasteiger charge is 2.34. The van der Waals surface area contributed by atoms with Crippen LogP contribution in [0.2, 0.25) is 0 Å². The van der Waals surface area contributed by atoms with Gasteiger partial charge in [0, 0.05) is 12.1 Å². The van der Waals surface area contributed by atoms with Gasteiger partial charge in [-0.15, -0.1) is 0 Å². The molecule has 3 rings (SSSR count). The maximum Gasteiger partial charge on any atom is 0.410 e. The highest BCUT2D eigenvalue weighted by molar-refractivity contribution is 5.89. The molecule has 2 heterocycles. The summed E-state index contributed by atoms with van der Waals surface area (Å²) in [5, 5.41) is 9.12. The Labute approximate surface area is 158 Å². The molecule has 1 saturated heterocycles. The van der Waals surface area contributed by atoms with Crippen LogP contribution in [-0.2, 0) is 4.74 Å². The largest absolute Gasteiger partial charge is 0.478 e. The summed E-state index contributed by atoms with van der Waals surface area (Å²) in [5.41, 5.74) is 1.63. The number of amides is 1. The molecule has 7 nitrogen and oxygen atoms in total. The zero-order valence-corrected chi connectivity index (χ0v) is 15.7. The second-order valence-electron chi connectivity index (χ2n) is 7.54. The molecule has 142 valence electrons. The van der Waals surface area contributed by atoms with E-state index in [4.69, 9.17) is 9.84 Å². The van der Waals surface area contributed by atoms with Gasteiger partial charge in [0.1, 0.15) is 5.60 Å². The van der Waals surface area contributed by atoms with Crippen molar-refractivity contribution in [3.63, 3.8) is 0 Å². The van der Waals surface area contributed by atoms with Gasteiger partial charge in [-0.3, -0.25) is 14.9 Å². The minimum Gasteiger partial charge on any atom is -0.478 e. The Morgan fingerprint density at radius 2 is 2.00 bits per heavy atom. The van der Waals surface area contributed by atoms with Crippen LogP contribution in [-0.4, -0.2) is 44.2 Å². The maximum absolute atomic E-state index is 12.4. The van der Waals surface area contributed by atoms with Crippen LogP contribution in [0.4, 0.5) is 4.79 Å². The van der Waals surface area contributed by atoms with Crippen molar-refractivity contribution < 1.29 is 19.4 Å². The predicted molar refractivity (Wildman–Crippen MR) is 99.3 cm³/mol. The Hall–Kier alpha value is -2.96. The van der Waals surface area contributed by atoms with Crippen LogP contribution in [0, 0.1) is 0 Å². The van der Waals surface area contributed by atoms with Crippen molar-refractivity contribution >= 4 is 12.1 Å². The first-order valence-corrected chi connectivity index (χ1v) is 8.90. The molecule has 1 aromatic carbocycles. The number of carbonyl (C=O) groups excluding carboxylic acids is 1. The van der Waals surface area contributed by atoms with Gasteiger partial charge in [-0.05, 0) is 45.7 Å². The molecule has 1 amide bonds. The lowest BCUT2D eigenvalue weighted by Gasteiger charge is -2.28. The van der Waals surface area contributed by atoms with Gasteiger partial charge in [0.25, 0.3) is 0 Å². The van der Waals surface area contributed by atoms with Crippen molar-refractivity contribution in [3.05, 3.63) is 47.9 Å². The third kappa shape index (κ3) is 4.42. The Balaban J connectivity index is 1.79. The van der Waals surface area contributed by atoms with Gasteiger partial charge >= 0.3 is 12.1 Å². The second-order valence-corrected chi connectivity index (χ2v) is 7.54. The molecule has 1 aliphatic heterocycles. The topological polar surface area (TPSA) is 92.6 Å². The van der Waals surface area contributed by atoms with E-state index in [1.807, 2.05) is 20.8 Å². The number of carboxylic acid groups (broad SMARTS) is 1. The summed E-state index contributed by atoms with van der Waals surface area (Å²) >= 11 is 0. The molecule has 1 aliphatic rings. The van der Waals surface area contributed by atoms with Gasteiger partial charge in [-0.2, -0.15) is 0 Å². The van der Waals surface area contributed by atoms with Crippen molar-refractivity contribution in [1.82, 2.24) is 14.9 Å². The van der Waals surface area contributed by atoms with E-state index < -0.39 is 11.6 Å². The van der Waals surface area contributed by atoms with E-state index in [1.165, 1.54) is 6.07 Å². The normalized spacial score (nSPS) is 17.0. The van der Waals surface area contributed by atoms with E-state index in [0.717, 1.165) is 12.8 Å². The summed E-state index contributed by atoms with van der Waals surface area (Å²) in [6.07, 6.45) is 4.61. The van der Waals surface area contributed by atoms with E-state index in [-0.39, 0.29) is 17.7 Å². The molecule has 7 heteroatoms. The Morgan fingerprint density at radius 1 is 1.22 bits per heavy atom. The fourth-order valence-electron chi connectivity index (χ4n) is 3.08. The van der Waals surface area contributed by atoms with Gasteiger partial charge in [0.05, 0.1) is 35.4 Å². The SMILES string of the molecule is CC(C)(C)OC(=O)N1CCC[C@@H]1c1cnc(-c2cccc(C(=O)O)c2)cn1. The number of ether oxygens (including phenoxy) is 1. The van der Waals surface area contributed by atoms with Crippen LogP contribution in [0.5, 0.6) is 0 Å². The van der Waals surface area contributed by atoms with Crippen molar-refractivity contribution in [1.29, 1.82) is 0 Å². The molecule has 0 radical (unpaired) electrons. The van der Waals surface area contributed by atoms with Crippen LogP contribution < -0.4 is 0 Å². The smallest absolute Gasteiger partial charge is 0.410 e. The number of aromatic nitrogens is 2. The Morgan fingerprint density at radius 3 is 2.63 bits per heavy atom. The van der Waals surface area contributed by atoms with Crippen LogP contribution in [0.15, 0.2) is 36.7 Å². The number of hydrogen-bond acceptors (Lipinski definition) is 5. The zero-order valence-electron chi connectivity index (χ0n) is 15.7. The van der Waals surface area contributed by atoms with E-state index in [9.17, 15) is 9.59 Å². The quantitative estimate of drug-likeness (QED) is 0.882. The van der Waals surface area contributed by atoms with Crippen molar-refractivity contribution in [2.75, 3.05) is 6.54 Å². The second kappa shape index (κ2) is 7.34. The minimum atomic E-state index is -0.986. The number of rotatable bonds is 3. The molecule has 1 N–H and O–H groups in total. The van der Waals surface area contributed by atoms with E-state index in [1.54, 1.807) is 35.5 Å². The number of likely N-dealkylation sites (tertiary alicyclic amines) is 1. The summed E-state index contributed by atoms with van der Waals surface area (Å²) in [5.74, 6) is -0.986. The lowest BCUT2D eigenvalue weighted by atomic mass is 10.1. The molecule has 1 aromatic heterocycles. The lowest BCUT2D eigenvalue weighted by molar-refractivity contribution is 0.0221. The monoisotopic (exact) mass is 369 g/mol. The van der Waals surface area contributed by atoms with Crippen LogP contribution in [0.1, 0.15) is 55.7 Å². The molecule has 0 unspecified atom stereocenters. The molecule has 0 bridgehead atoms. The highest BCUT2D eigenvalue weighted by atomic mass is 16.6. The highest BCUT2D eigenvalue weighted by Crippen LogP contribution is 2.32. The number of carbonyl (C=O) groups is 2. The average molecular weight is 369 g/mol. The first kappa shape index (κ1) is 18.8. The molecule has 2 aromatic rings. The molecule has 1 atom stereocenters. The number of aromatic carboxylic acids is 1. The number of hydrogen-bond donors (Lipinski definition) is 1. The lowest BCUT2D eigenvalue weighted by Crippen LogP contribution is -2.36. The Kier molecular flexibility index (Phi) is 5.12. The zero-order chi connectivity index (χ0) is 19.6. The minimum absolute atomic E-state index is 0.160. The molecular formula is C20H23N3O4. The first-order chi connectivity index (χ1) is 12.7. The van der Waals surface area contributed by atoms with Crippen molar-refractivity contribution in [2.24, 2.45) is 0 Å². The molecule has 0 aliphatic carbocycles. The van der Waals surface area contributed by atoms with E-state index >= 15 is 0 Å². The number of benzene rings is 1. The maximum atomic E-state index is 12.4. The predicted octanol–water partition coefficient (Wildman–Crippen LogP) is 3.91. The molecule has 0 spiro atoms. The van der Waals surface area contributed by atoms with Gasteiger partial charge in [0.2, 0.25) is 0 Å². The molecular weight excluding hydrogens is 346 g/mol. The summed E-state index contributed by atoms with van der Waals surface area (Å²) in [7, 11) is 0. The van der Waals surface area contributed by atoms with Crippen molar-refractivity contribution in [2.45, 2.75) is 45.3 Å².